The van der Waals surface area contributed by atoms with E-state index in [0.29, 0.717) is 47.5 Å². The summed E-state index contributed by atoms with van der Waals surface area (Å²) in [5.74, 6) is 1.01. The zero-order valence-corrected chi connectivity index (χ0v) is 31.3. The van der Waals surface area contributed by atoms with Crippen molar-refractivity contribution < 1.29 is 28.2 Å². The summed E-state index contributed by atoms with van der Waals surface area (Å²) in [6, 6.07) is 19.4. The van der Waals surface area contributed by atoms with E-state index in [1.807, 2.05) is 48.5 Å². The fourth-order valence-corrected chi connectivity index (χ4v) is 7.28. The second-order valence-corrected chi connectivity index (χ2v) is 19.7. The van der Waals surface area contributed by atoms with Crippen molar-refractivity contribution in [3.8, 4) is 16.9 Å². The van der Waals surface area contributed by atoms with Crippen molar-refractivity contribution in [3.05, 3.63) is 76.8 Å². The number of rotatable bonds is 12. The van der Waals surface area contributed by atoms with Gasteiger partial charge in [-0.3, -0.25) is 15.5 Å². The van der Waals surface area contributed by atoms with Crippen LogP contribution in [0.2, 0.25) is 23.2 Å². The molecule has 3 fully saturated rings. The van der Waals surface area contributed by atoms with E-state index in [1.54, 1.807) is 19.2 Å². The number of hydrogen-bond donors (Lipinski definition) is 2. The Labute approximate surface area is 296 Å². The highest BCUT2D eigenvalue weighted by Gasteiger charge is 2.38. The zero-order valence-electron chi connectivity index (χ0n) is 29.6. The summed E-state index contributed by atoms with van der Waals surface area (Å²) in [5, 5.41) is 6.21. The van der Waals surface area contributed by atoms with E-state index < -0.39 is 20.5 Å². The highest BCUT2D eigenvalue weighted by Crippen LogP contribution is 2.39. The highest BCUT2D eigenvalue weighted by molar-refractivity contribution is 6.74. The maximum Gasteiger partial charge on any atom is 0.411 e. The Hall–Kier alpha value is -3.57. The van der Waals surface area contributed by atoms with E-state index in [4.69, 9.17) is 30.2 Å². The van der Waals surface area contributed by atoms with E-state index in [9.17, 15) is 9.59 Å². The molecule has 11 heteroatoms. The molecular weight excluding hydrogens is 658 g/mol. The van der Waals surface area contributed by atoms with Gasteiger partial charge in [0.2, 0.25) is 0 Å². The number of methoxy groups -OCH3 is 1. The van der Waals surface area contributed by atoms with Gasteiger partial charge >= 0.3 is 12.2 Å². The third kappa shape index (κ3) is 9.57. The average Bonchev–Trinajstić information content (AvgIpc) is 3.07. The van der Waals surface area contributed by atoms with Crippen LogP contribution < -0.4 is 15.4 Å². The Balaban J connectivity index is 1.16. The van der Waals surface area contributed by atoms with Crippen molar-refractivity contribution in [2.24, 2.45) is 5.92 Å². The molecule has 0 aliphatic carbocycles. The van der Waals surface area contributed by atoms with Crippen LogP contribution in [0.4, 0.5) is 21.0 Å². The number of ether oxygens (including phenoxy) is 3. The van der Waals surface area contributed by atoms with Gasteiger partial charge in [0.15, 0.2) is 8.32 Å². The Morgan fingerprint density at radius 3 is 2.33 bits per heavy atom. The number of carbonyl (C=O) groups is 2. The number of halogens is 1. The lowest BCUT2D eigenvalue weighted by atomic mass is 9.86. The van der Waals surface area contributed by atoms with Gasteiger partial charge in [0, 0.05) is 23.7 Å². The van der Waals surface area contributed by atoms with Gasteiger partial charge in [0.25, 0.3) is 0 Å². The number of nitrogens with one attached hydrogen (secondary N) is 2. The molecule has 0 radical (unpaired) electrons. The third-order valence-electron chi connectivity index (χ3n) is 10.1. The van der Waals surface area contributed by atoms with Crippen LogP contribution in [0.5, 0.6) is 5.75 Å². The molecule has 9 nitrogen and oxygen atoms in total. The molecule has 0 spiro atoms. The monoisotopic (exact) mass is 707 g/mol. The van der Waals surface area contributed by atoms with Gasteiger partial charge in [-0.2, -0.15) is 0 Å². The lowest BCUT2D eigenvalue weighted by Gasteiger charge is -2.43. The van der Waals surface area contributed by atoms with Crippen molar-refractivity contribution in [1.82, 2.24) is 4.90 Å². The minimum atomic E-state index is -1.98. The number of aryl methyl sites for hydroxylation is 1. The van der Waals surface area contributed by atoms with E-state index in [-0.39, 0.29) is 17.7 Å². The molecule has 3 aliphatic rings. The van der Waals surface area contributed by atoms with Gasteiger partial charge in [-0.05, 0) is 86.1 Å². The molecule has 264 valence electrons. The van der Waals surface area contributed by atoms with Crippen LogP contribution in [-0.2, 0) is 26.9 Å². The molecule has 0 unspecified atom stereocenters. The average molecular weight is 708 g/mol. The number of hydrogen-bond acceptors (Lipinski definition) is 7. The SMILES string of the molecule is COc1cc(NC(=O)OCCCc2ccc(-c3ccccc3)c(NC(=O)O[C@H]3CN4CCC3CC4)c2)c(Cl)cc1CO[Si](C)(C)C(C)(C)C. The summed E-state index contributed by atoms with van der Waals surface area (Å²) in [5.41, 5.74) is 4.82. The number of fused-ring (bicyclic) bond motifs is 3. The molecule has 3 aromatic carbocycles. The maximum absolute atomic E-state index is 13.1. The fourth-order valence-electron chi connectivity index (χ4n) is 6.10. The first kappa shape index (κ1) is 36.7. The first-order chi connectivity index (χ1) is 23.3. The minimum absolute atomic E-state index is 0.0701. The molecule has 3 aromatic rings. The van der Waals surface area contributed by atoms with E-state index in [1.165, 1.54) is 0 Å². The van der Waals surface area contributed by atoms with Crippen molar-refractivity contribution in [1.29, 1.82) is 0 Å². The summed E-state index contributed by atoms with van der Waals surface area (Å²) in [4.78, 5) is 28.2. The zero-order chi connectivity index (χ0) is 35.2. The number of carbonyl (C=O) groups excluding carboxylic acids is 2. The molecule has 0 saturated carbocycles. The number of piperidine rings is 3. The molecule has 3 heterocycles. The molecule has 1 atom stereocenters. The van der Waals surface area contributed by atoms with E-state index in [2.05, 4.69) is 49.4 Å². The molecule has 3 saturated heterocycles. The smallest absolute Gasteiger partial charge is 0.411 e. The number of amides is 2. The Kier molecular flexibility index (Phi) is 12.0. The second kappa shape index (κ2) is 16.0. The normalized spacial score (nSPS) is 18.9. The Bertz CT molecular complexity index is 1600. The van der Waals surface area contributed by atoms with Gasteiger partial charge in [-0.15, -0.1) is 0 Å². The fraction of sp³-hybridized carbons (Fsp3) is 0.474. The second-order valence-electron chi connectivity index (χ2n) is 14.5. The number of benzene rings is 3. The third-order valence-corrected chi connectivity index (χ3v) is 14.9. The molecule has 2 N–H and O–H groups in total. The lowest BCUT2D eigenvalue weighted by molar-refractivity contribution is -0.0289. The lowest BCUT2D eigenvalue weighted by Crippen LogP contribution is -2.52. The summed E-state index contributed by atoms with van der Waals surface area (Å²) < 4.78 is 23.4. The molecule has 6 rings (SSSR count). The van der Waals surface area contributed by atoms with E-state index >= 15 is 0 Å². The van der Waals surface area contributed by atoms with Gasteiger partial charge < -0.3 is 18.6 Å². The molecular formula is C38H50ClN3O6Si. The van der Waals surface area contributed by atoms with Crippen LogP contribution in [0.25, 0.3) is 11.1 Å². The van der Waals surface area contributed by atoms with Crippen LogP contribution in [0, 0.1) is 5.92 Å². The van der Waals surface area contributed by atoms with Crippen molar-refractivity contribution in [3.63, 3.8) is 0 Å². The van der Waals surface area contributed by atoms with Crippen LogP contribution >= 0.6 is 11.6 Å². The molecule has 49 heavy (non-hydrogen) atoms. The van der Waals surface area contributed by atoms with E-state index in [0.717, 1.165) is 54.7 Å². The quantitative estimate of drug-likeness (QED) is 0.143. The van der Waals surface area contributed by atoms with Crippen molar-refractivity contribution >= 4 is 43.5 Å². The summed E-state index contributed by atoms with van der Waals surface area (Å²) in [6.07, 6.45) is 2.26. The maximum atomic E-state index is 13.1. The minimum Gasteiger partial charge on any atom is -0.496 e. The first-order valence-corrected chi connectivity index (χ1v) is 20.4. The largest absolute Gasteiger partial charge is 0.496 e. The molecule has 3 aliphatic heterocycles. The van der Waals surface area contributed by atoms with Crippen LogP contribution in [0.15, 0.2) is 60.7 Å². The van der Waals surface area contributed by atoms with Gasteiger partial charge in [-0.1, -0.05) is 74.8 Å². The van der Waals surface area contributed by atoms with Crippen molar-refractivity contribution in [2.75, 3.05) is 44.0 Å². The predicted octanol–water partition coefficient (Wildman–Crippen LogP) is 9.36. The molecule has 0 aromatic heterocycles. The van der Waals surface area contributed by atoms with Crippen molar-refractivity contribution in [2.45, 2.75) is 77.3 Å². The Morgan fingerprint density at radius 1 is 0.959 bits per heavy atom. The first-order valence-electron chi connectivity index (χ1n) is 17.2. The number of nitrogens with zero attached hydrogens (tertiary/aromatic N) is 1. The molecule has 2 amide bonds. The topological polar surface area (TPSA) is 98.4 Å². The van der Waals surface area contributed by atoms with Gasteiger partial charge in [0.1, 0.15) is 11.9 Å². The Morgan fingerprint density at radius 2 is 1.67 bits per heavy atom. The molecule has 2 bridgehead atoms. The van der Waals surface area contributed by atoms with Gasteiger partial charge in [0.05, 0.1) is 36.7 Å². The highest BCUT2D eigenvalue weighted by atomic mass is 35.5. The standard InChI is InChI=1S/C38H50ClN3O6Si/c1-38(2,3)49(5,6)47-25-29-22-31(39)33(23-34(29)45-4)41-36(43)46-20-10-11-26-14-15-30(27-12-8-7-9-13-27)32(21-26)40-37(44)48-35-24-42-18-16-28(35)17-19-42/h7-9,12-15,21-23,28,35H,10-11,16-20,24-25H2,1-6H3,(H,40,44)(H,41,43)/t35-/m0/s1. The summed E-state index contributed by atoms with van der Waals surface area (Å²) in [6.45, 7) is 14.5. The van der Waals surface area contributed by atoms with Crippen LogP contribution in [-0.4, -0.2) is 64.9 Å². The van der Waals surface area contributed by atoms with Crippen LogP contribution in [0.1, 0.15) is 51.2 Å². The van der Waals surface area contributed by atoms with Crippen LogP contribution in [0.3, 0.4) is 0 Å². The predicted molar refractivity (Wildman–Crippen MR) is 198 cm³/mol. The summed E-state index contributed by atoms with van der Waals surface area (Å²) in [7, 11) is -0.399. The van der Waals surface area contributed by atoms with Gasteiger partial charge in [-0.25, -0.2) is 9.59 Å². The number of anilines is 2. The summed E-state index contributed by atoms with van der Waals surface area (Å²) >= 11 is 6.55.